The molecule has 1 aromatic carbocycles. The highest BCUT2D eigenvalue weighted by atomic mass is 32.2. The summed E-state index contributed by atoms with van der Waals surface area (Å²) in [6.07, 6.45) is 0. The summed E-state index contributed by atoms with van der Waals surface area (Å²) >= 11 is 0. The van der Waals surface area contributed by atoms with Crippen LogP contribution in [-0.2, 0) is 20.0 Å². The third-order valence-corrected chi connectivity index (χ3v) is 4.71. The van der Waals surface area contributed by atoms with Crippen molar-refractivity contribution < 1.29 is 16.8 Å². The van der Waals surface area contributed by atoms with E-state index in [-0.39, 0.29) is 16.3 Å². The standard InChI is InChI=1S/C9H14N2O4S2/c1-3-11-17(14,15)9-6-8(16(10,12)13)5-4-7(9)2/h4-6,11H,3H2,1-2H3,(H2,10,12,13). The largest absolute Gasteiger partial charge is 0.240 e. The lowest BCUT2D eigenvalue weighted by Crippen LogP contribution is -2.24. The molecular formula is C9H14N2O4S2. The van der Waals surface area contributed by atoms with Gasteiger partial charge in [-0.05, 0) is 24.6 Å². The number of nitrogens with two attached hydrogens (primary N) is 1. The number of primary sulfonamides is 1. The van der Waals surface area contributed by atoms with Crippen LogP contribution in [0, 0.1) is 6.92 Å². The zero-order valence-electron chi connectivity index (χ0n) is 9.47. The number of nitrogens with one attached hydrogen (secondary N) is 1. The van der Waals surface area contributed by atoms with E-state index < -0.39 is 20.0 Å². The van der Waals surface area contributed by atoms with Gasteiger partial charge in [0.2, 0.25) is 20.0 Å². The predicted molar refractivity (Wildman–Crippen MR) is 63.4 cm³/mol. The molecule has 0 unspecified atom stereocenters. The summed E-state index contributed by atoms with van der Waals surface area (Å²) in [5, 5.41) is 4.95. The van der Waals surface area contributed by atoms with Crippen molar-refractivity contribution in [1.29, 1.82) is 0 Å². The van der Waals surface area contributed by atoms with E-state index >= 15 is 0 Å². The maximum atomic E-state index is 11.8. The first-order chi connectivity index (χ1) is 7.68. The van der Waals surface area contributed by atoms with Crippen molar-refractivity contribution in [2.24, 2.45) is 5.14 Å². The summed E-state index contributed by atoms with van der Waals surface area (Å²) < 4.78 is 48.2. The molecule has 0 saturated carbocycles. The highest BCUT2D eigenvalue weighted by molar-refractivity contribution is 7.90. The first-order valence-corrected chi connectivity index (χ1v) is 7.84. The number of hydrogen-bond donors (Lipinski definition) is 2. The fourth-order valence-corrected chi connectivity index (χ4v) is 3.24. The Morgan fingerprint density at radius 3 is 2.29 bits per heavy atom. The smallest absolute Gasteiger partial charge is 0.225 e. The molecule has 0 amide bonds. The van der Waals surface area contributed by atoms with Crippen LogP contribution in [-0.4, -0.2) is 23.4 Å². The summed E-state index contributed by atoms with van der Waals surface area (Å²) in [7, 11) is -7.60. The fourth-order valence-electron chi connectivity index (χ4n) is 1.31. The molecule has 1 aromatic rings. The molecule has 3 N–H and O–H groups in total. The summed E-state index contributed by atoms with van der Waals surface area (Å²) in [5.41, 5.74) is 0.457. The van der Waals surface area contributed by atoms with Gasteiger partial charge in [0.25, 0.3) is 0 Å². The van der Waals surface area contributed by atoms with Gasteiger partial charge >= 0.3 is 0 Å². The van der Waals surface area contributed by atoms with E-state index in [4.69, 9.17) is 5.14 Å². The molecule has 0 fully saturated rings. The van der Waals surface area contributed by atoms with Gasteiger partial charge in [0.1, 0.15) is 0 Å². The predicted octanol–water partition coefficient (Wildman–Crippen LogP) is -0.0594. The molecule has 0 radical (unpaired) electrons. The van der Waals surface area contributed by atoms with E-state index in [2.05, 4.69) is 4.72 Å². The van der Waals surface area contributed by atoms with Crippen LogP contribution >= 0.6 is 0 Å². The van der Waals surface area contributed by atoms with Crippen LogP contribution in [0.3, 0.4) is 0 Å². The lowest BCUT2D eigenvalue weighted by atomic mass is 10.2. The van der Waals surface area contributed by atoms with Gasteiger partial charge < -0.3 is 0 Å². The van der Waals surface area contributed by atoms with Crippen LogP contribution in [0.15, 0.2) is 28.0 Å². The lowest BCUT2D eigenvalue weighted by molar-refractivity contribution is 0.583. The van der Waals surface area contributed by atoms with Crippen LogP contribution in [0.4, 0.5) is 0 Å². The molecule has 0 aromatic heterocycles. The number of rotatable bonds is 4. The van der Waals surface area contributed by atoms with Crippen molar-refractivity contribution in [1.82, 2.24) is 4.72 Å². The van der Waals surface area contributed by atoms with Gasteiger partial charge in [0, 0.05) is 6.54 Å². The Hall–Kier alpha value is -0.960. The maximum absolute atomic E-state index is 11.8. The minimum atomic E-state index is -3.91. The second-order valence-electron chi connectivity index (χ2n) is 3.47. The molecule has 0 bridgehead atoms. The van der Waals surface area contributed by atoms with Crippen LogP contribution in [0.25, 0.3) is 0 Å². The fraction of sp³-hybridized carbons (Fsp3) is 0.333. The molecule has 0 saturated heterocycles. The van der Waals surface area contributed by atoms with Crippen molar-refractivity contribution in [3.05, 3.63) is 23.8 Å². The maximum Gasteiger partial charge on any atom is 0.240 e. The normalized spacial score (nSPS) is 12.6. The van der Waals surface area contributed by atoms with Gasteiger partial charge in [-0.1, -0.05) is 13.0 Å². The molecular weight excluding hydrogens is 264 g/mol. The average molecular weight is 278 g/mol. The monoisotopic (exact) mass is 278 g/mol. The zero-order chi connectivity index (χ0) is 13.3. The first-order valence-electron chi connectivity index (χ1n) is 4.81. The Labute approximate surface area is 101 Å². The van der Waals surface area contributed by atoms with E-state index in [9.17, 15) is 16.8 Å². The molecule has 0 atom stereocenters. The molecule has 0 aliphatic heterocycles. The molecule has 6 nitrogen and oxygen atoms in total. The van der Waals surface area contributed by atoms with Crippen molar-refractivity contribution >= 4 is 20.0 Å². The Kier molecular flexibility index (Phi) is 3.92. The Morgan fingerprint density at radius 1 is 1.24 bits per heavy atom. The first kappa shape index (κ1) is 14.1. The van der Waals surface area contributed by atoms with E-state index in [1.54, 1.807) is 13.8 Å². The number of aryl methyl sites for hydroxylation is 1. The molecule has 1 rings (SSSR count). The lowest BCUT2D eigenvalue weighted by Gasteiger charge is -2.09. The second-order valence-corrected chi connectivity index (χ2v) is 6.77. The van der Waals surface area contributed by atoms with Crippen LogP contribution < -0.4 is 9.86 Å². The average Bonchev–Trinajstić information content (AvgIpc) is 2.15. The highest BCUT2D eigenvalue weighted by Gasteiger charge is 2.19. The van der Waals surface area contributed by atoms with E-state index in [1.165, 1.54) is 12.1 Å². The third kappa shape index (κ3) is 3.25. The molecule has 8 heteroatoms. The van der Waals surface area contributed by atoms with E-state index in [0.717, 1.165) is 6.07 Å². The van der Waals surface area contributed by atoms with Crippen molar-refractivity contribution in [3.63, 3.8) is 0 Å². The van der Waals surface area contributed by atoms with Crippen molar-refractivity contribution in [2.75, 3.05) is 6.54 Å². The summed E-state index contributed by atoms with van der Waals surface area (Å²) in [5.74, 6) is 0. The molecule has 0 aliphatic rings. The molecule has 17 heavy (non-hydrogen) atoms. The third-order valence-electron chi connectivity index (χ3n) is 2.11. The second kappa shape index (κ2) is 4.73. The van der Waals surface area contributed by atoms with Gasteiger partial charge in [0.15, 0.2) is 0 Å². The minimum absolute atomic E-state index is 0.0779. The Morgan fingerprint density at radius 2 is 1.82 bits per heavy atom. The number of sulfonamides is 2. The molecule has 0 aliphatic carbocycles. The molecule has 0 heterocycles. The quantitative estimate of drug-likeness (QED) is 0.804. The van der Waals surface area contributed by atoms with E-state index in [1.807, 2.05) is 0 Å². The SMILES string of the molecule is CCNS(=O)(=O)c1cc(S(N)(=O)=O)ccc1C. The molecule has 96 valence electrons. The van der Waals surface area contributed by atoms with Crippen LogP contribution in [0.2, 0.25) is 0 Å². The van der Waals surface area contributed by atoms with Crippen molar-refractivity contribution in [2.45, 2.75) is 23.6 Å². The summed E-state index contributed by atoms with van der Waals surface area (Å²) in [6.45, 7) is 3.44. The van der Waals surface area contributed by atoms with Gasteiger partial charge in [-0.3, -0.25) is 0 Å². The minimum Gasteiger partial charge on any atom is -0.225 e. The Balaban J connectivity index is 3.45. The van der Waals surface area contributed by atoms with Crippen LogP contribution in [0.1, 0.15) is 12.5 Å². The van der Waals surface area contributed by atoms with Gasteiger partial charge in [-0.15, -0.1) is 0 Å². The topological polar surface area (TPSA) is 106 Å². The van der Waals surface area contributed by atoms with Gasteiger partial charge in [-0.2, -0.15) is 0 Å². The summed E-state index contributed by atoms with van der Waals surface area (Å²) in [4.78, 5) is -0.301. The van der Waals surface area contributed by atoms with E-state index in [0.29, 0.717) is 5.56 Å². The van der Waals surface area contributed by atoms with Gasteiger partial charge in [0.05, 0.1) is 9.79 Å². The zero-order valence-corrected chi connectivity index (χ0v) is 11.1. The van der Waals surface area contributed by atoms with Crippen molar-refractivity contribution in [3.8, 4) is 0 Å². The molecule has 0 spiro atoms. The van der Waals surface area contributed by atoms with Crippen LogP contribution in [0.5, 0.6) is 0 Å². The number of hydrogen-bond acceptors (Lipinski definition) is 4. The Bertz CT molecular complexity index is 620. The highest BCUT2D eigenvalue weighted by Crippen LogP contribution is 2.19. The van der Waals surface area contributed by atoms with Gasteiger partial charge in [-0.25, -0.2) is 26.7 Å². The summed E-state index contributed by atoms with van der Waals surface area (Å²) in [6, 6.07) is 3.74. The number of benzene rings is 1.